The Labute approximate surface area is 123 Å². The molecule has 2 nitrogen and oxygen atoms in total. The van der Waals surface area contributed by atoms with Gasteiger partial charge in [-0.2, -0.15) is 0 Å². The highest BCUT2D eigenvalue weighted by atomic mass is 35.5. The third-order valence-corrected chi connectivity index (χ3v) is 3.63. The van der Waals surface area contributed by atoms with Crippen molar-refractivity contribution in [1.29, 1.82) is 0 Å². The zero-order valence-corrected chi connectivity index (χ0v) is 12.3. The highest BCUT2D eigenvalue weighted by Crippen LogP contribution is 2.33. The van der Waals surface area contributed by atoms with Crippen LogP contribution in [0.3, 0.4) is 0 Å². The summed E-state index contributed by atoms with van der Waals surface area (Å²) in [5.74, 6) is 0. The van der Waals surface area contributed by atoms with Crippen molar-refractivity contribution >= 4 is 23.2 Å². The maximum Gasteiger partial charge on any atom is 0.0671 e. The molecule has 100 valence electrons. The third-order valence-electron chi connectivity index (χ3n) is 2.81. The number of hydrogen-bond donors (Lipinski definition) is 1. The van der Waals surface area contributed by atoms with Crippen LogP contribution < -0.4 is 5.32 Å². The molecule has 0 radical (unpaired) electrons. The summed E-state index contributed by atoms with van der Waals surface area (Å²) in [4.78, 5) is 4.27. The van der Waals surface area contributed by atoms with Crippen molar-refractivity contribution in [1.82, 2.24) is 10.3 Å². The highest BCUT2D eigenvalue weighted by Gasteiger charge is 2.07. The Balaban J connectivity index is 2.25. The van der Waals surface area contributed by atoms with Crippen LogP contribution in [0, 0.1) is 0 Å². The largest absolute Gasteiger partial charge is 0.313 e. The fourth-order valence-electron chi connectivity index (χ4n) is 1.87. The van der Waals surface area contributed by atoms with E-state index in [-0.39, 0.29) is 0 Å². The molecule has 1 heterocycles. The molecule has 1 N–H and O–H groups in total. The van der Waals surface area contributed by atoms with Crippen LogP contribution in [-0.4, -0.2) is 11.5 Å². The third kappa shape index (κ3) is 3.69. The minimum atomic E-state index is 0.564. The molecule has 0 spiro atoms. The smallest absolute Gasteiger partial charge is 0.0671 e. The summed E-state index contributed by atoms with van der Waals surface area (Å²) >= 11 is 12.3. The van der Waals surface area contributed by atoms with Gasteiger partial charge in [-0.25, -0.2) is 0 Å². The number of rotatable bonds is 5. The minimum Gasteiger partial charge on any atom is -0.313 e. The molecule has 0 bridgehead atoms. The average molecular weight is 295 g/mol. The van der Waals surface area contributed by atoms with Gasteiger partial charge in [-0.1, -0.05) is 42.3 Å². The molecule has 2 rings (SSSR count). The van der Waals surface area contributed by atoms with Crippen LogP contribution in [0.15, 0.2) is 36.7 Å². The van der Waals surface area contributed by atoms with Crippen LogP contribution in [0.4, 0.5) is 0 Å². The fraction of sp³-hybridized carbons (Fsp3) is 0.267. The Kier molecular flexibility index (Phi) is 5.20. The molecule has 19 heavy (non-hydrogen) atoms. The van der Waals surface area contributed by atoms with Crippen molar-refractivity contribution < 1.29 is 0 Å². The molecule has 0 fully saturated rings. The molecule has 0 saturated heterocycles. The molecule has 1 aromatic carbocycles. The summed E-state index contributed by atoms with van der Waals surface area (Å²) in [5, 5.41) is 4.49. The minimum absolute atomic E-state index is 0.564. The molecule has 0 aliphatic carbocycles. The second-order valence-electron chi connectivity index (χ2n) is 4.36. The van der Waals surface area contributed by atoms with E-state index in [2.05, 4.69) is 23.3 Å². The first kappa shape index (κ1) is 14.3. The van der Waals surface area contributed by atoms with Gasteiger partial charge in [-0.15, -0.1) is 0 Å². The molecule has 0 amide bonds. The van der Waals surface area contributed by atoms with E-state index in [1.807, 2.05) is 18.3 Å². The van der Waals surface area contributed by atoms with Gasteiger partial charge >= 0.3 is 0 Å². The summed E-state index contributed by atoms with van der Waals surface area (Å²) in [5.41, 5.74) is 3.05. The standard InChI is InChI=1S/C15H16Cl2N2/c1-2-6-18-8-11-7-12(10-19-9-11)13-4-3-5-14(16)15(13)17/h3-5,7,9-10,18H,2,6,8H2,1H3. The number of benzene rings is 1. The van der Waals surface area contributed by atoms with E-state index in [1.54, 1.807) is 12.3 Å². The van der Waals surface area contributed by atoms with Crippen LogP contribution in [0.25, 0.3) is 11.1 Å². The second-order valence-corrected chi connectivity index (χ2v) is 5.15. The molecule has 0 saturated carbocycles. The van der Waals surface area contributed by atoms with Crippen molar-refractivity contribution in [2.24, 2.45) is 0 Å². The van der Waals surface area contributed by atoms with E-state index in [0.29, 0.717) is 10.0 Å². The number of nitrogens with one attached hydrogen (secondary N) is 1. The molecule has 2 aromatic rings. The van der Waals surface area contributed by atoms with Crippen LogP contribution >= 0.6 is 23.2 Å². The zero-order chi connectivity index (χ0) is 13.7. The van der Waals surface area contributed by atoms with Crippen molar-refractivity contribution in [3.63, 3.8) is 0 Å². The van der Waals surface area contributed by atoms with Gasteiger partial charge in [0.25, 0.3) is 0 Å². The van der Waals surface area contributed by atoms with Gasteiger partial charge in [0.1, 0.15) is 0 Å². The number of hydrogen-bond acceptors (Lipinski definition) is 2. The summed E-state index contributed by atoms with van der Waals surface area (Å²) in [6, 6.07) is 7.72. The quantitative estimate of drug-likeness (QED) is 0.818. The Hall–Kier alpha value is -1.09. The SMILES string of the molecule is CCCNCc1cncc(-c2cccc(Cl)c2Cl)c1. The fourth-order valence-corrected chi connectivity index (χ4v) is 2.28. The van der Waals surface area contributed by atoms with Crippen molar-refractivity contribution in [3.05, 3.63) is 52.3 Å². The van der Waals surface area contributed by atoms with E-state index in [1.165, 1.54) is 0 Å². The van der Waals surface area contributed by atoms with Crippen LogP contribution in [-0.2, 0) is 6.54 Å². The predicted molar refractivity (Wildman–Crippen MR) is 81.7 cm³/mol. The van der Waals surface area contributed by atoms with Gasteiger partial charge in [0.2, 0.25) is 0 Å². The number of pyridine rings is 1. The Bertz CT molecular complexity index is 556. The predicted octanol–water partition coefficient (Wildman–Crippen LogP) is 4.56. The van der Waals surface area contributed by atoms with Crippen molar-refractivity contribution in [3.8, 4) is 11.1 Å². The monoisotopic (exact) mass is 294 g/mol. The van der Waals surface area contributed by atoms with Gasteiger partial charge in [-0.3, -0.25) is 4.98 Å². The van der Waals surface area contributed by atoms with Gasteiger partial charge in [0.05, 0.1) is 10.0 Å². The summed E-state index contributed by atoms with van der Waals surface area (Å²) in [7, 11) is 0. The van der Waals surface area contributed by atoms with Crippen LogP contribution in [0.5, 0.6) is 0 Å². The number of nitrogens with zero attached hydrogens (tertiary/aromatic N) is 1. The lowest BCUT2D eigenvalue weighted by Crippen LogP contribution is -2.13. The van der Waals surface area contributed by atoms with Gasteiger partial charge in [0, 0.05) is 30.1 Å². The van der Waals surface area contributed by atoms with E-state index in [9.17, 15) is 0 Å². The molecule has 0 unspecified atom stereocenters. The zero-order valence-electron chi connectivity index (χ0n) is 10.8. The highest BCUT2D eigenvalue weighted by molar-refractivity contribution is 6.43. The molecular formula is C15H16Cl2N2. The Morgan fingerprint density at radius 2 is 2.05 bits per heavy atom. The van der Waals surface area contributed by atoms with Crippen molar-refractivity contribution in [2.45, 2.75) is 19.9 Å². The lowest BCUT2D eigenvalue weighted by Gasteiger charge is -2.08. The lowest BCUT2D eigenvalue weighted by atomic mass is 10.1. The topological polar surface area (TPSA) is 24.9 Å². The molecule has 0 atom stereocenters. The number of aromatic nitrogens is 1. The van der Waals surface area contributed by atoms with Crippen molar-refractivity contribution in [2.75, 3.05) is 6.54 Å². The molecule has 4 heteroatoms. The second kappa shape index (κ2) is 6.90. The molecular weight excluding hydrogens is 279 g/mol. The first-order valence-corrected chi connectivity index (χ1v) is 7.07. The molecule has 0 aliphatic heterocycles. The maximum absolute atomic E-state index is 6.23. The summed E-state index contributed by atoms with van der Waals surface area (Å²) in [6.07, 6.45) is 4.79. The van der Waals surface area contributed by atoms with E-state index >= 15 is 0 Å². The first-order valence-electron chi connectivity index (χ1n) is 6.31. The Morgan fingerprint density at radius 3 is 2.84 bits per heavy atom. The van der Waals surface area contributed by atoms with Gasteiger partial charge in [0.15, 0.2) is 0 Å². The van der Waals surface area contributed by atoms with E-state index in [4.69, 9.17) is 23.2 Å². The Morgan fingerprint density at radius 1 is 1.21 bits per heavy atom. The van der Waals surface area contributed by atoms with Gasteiger partial charge < -0.3 is 5.32 Å². The first-order chi connectivity index (χ1) is 9.22. The average Bonchev–Trinajstić information content (AvgIpc) is 2.43. The molecule has 1 aromatic heterocycles. The number of halogens is 2. The maximum atomic E-state index is 6.23. The van der Waals surface area contributed by atoms with Crippen LogP contribution in [0.1, 0.15) is 18.9 Å². The molecule has 0 aliphatic rings. The van der Waals surface area contributed by atoms with E-state index in [0.717, 1.165) is 36.2 Å². The van der Waals surface area contributed by atoms with E-state index < -0.39 is 0 Å². The van der Waals surface area contributed by atoms with Gasteiger partial charge in [-0.05, 0) is 30.7 Å². The summed E-state index contributed by atoms with van der Waals surface area (Å²) < 4.78 is 0. The summed E-state index contributed by atoms with van der Waals surface area (Å²) in [6.45, 7) is 3.96. The normalized spacial score (nSPS) is 10.7. The lowest BCUT2D eigenvalue weighted by molar-refractivity contribution is 0.674. The van der Waals surface area contributed by atoms with Crippen LogP contribution in [0.2, 0.25) is 10.0 Å².